The normalized spacial score (nSPS) is 15.5. The van der Waals surface area contributed by atoms with Gasteiger partial charge in [-0.05, 0) is 30.7 Å². The topological polar surface area (TPSA) is 56.1 Å². The zero-order valence-electron chi connectivity index (χ0n) is 13.6. The van der Waals surface area contributed by atoms with Gasteiger partial charge in [-0.15, -0.1) is 0 Å². The molecule has 1 aromatic heterocycles. The van der Waals surface area contributed by atoms with E-state index in [1.807, 2.05) is 24.3 Å². The van der Waals surface area contributed by atoms with Gasteiger partial charge in [-0.25, -0.2) is 9.07 Å². The van der Waals surface area contributed by atoms with Crippen LogP contribution in [0.25, 0.3) is 5.69 Å². The average Bonchev–Trinajstić information content (AvgIpc) is 3.18. The fourth-order valence-electron chi connectivity index (χ4n) is 2.93. The Morgan fingerprint density at radius 1 is 1.24 bits per heavy atom. The lowest BCUT2D eigenvalue weighted by Crippen LogP contribution is -2.32. The molecule has 3 aromatic rings. The van der Waals surface area contributed by atoms with Crippen LogP contribution in [0.4, 0.5) is 10.2 Å². The molecule has 0 aliphatic carbocycles. The highest BCUT2D eigenvalue weighted by atomic mass is 19.1. The predicted molar refractivity (Wildman–Crippen MR) is 91.5 cm³/mol. The van der Waals surface area contributed by atoms with Gasteiger partial charge in [-0.2, -0.15) is 5.10 Å². The number of anilines is 1. The van der Waals surface area contributed by atoms with Crippen LogP contribution in [-0.4, -0.2) is 21.8 Å². The van der Waals surface area contributed by atoms with Crippen LogP contribution >= 0.6 is 0 Å². The number of ether oxygens (including phenoxy) is 1. The van der Waals surface area contributed by atoms with Crippen LogP contribution in [0.5, 0.6) is 5.75 Å². The molecule has 0 spiro atoms. The quantitative estimate of drug-likeness (QED) is 0.798. The standard InChI is InChI=1S/C19H16FN3O2/c1-12-10-18(23(22-12)15-8-4-3-7-14(15)20)21-19(24)17-11-13-6-2-5-9-16(13)25-17/h2-10,17H,11H2,1H3,(H,21,24)/t17-/m1/s1. The Balaban J connectivity index is 1.58. The molecule has 2 aromatic carbocycles. The van der Waals surface area contributed by atoms with Crippen LogP contribution in [0, 0.1) is 12.7 Å². The van der Waals surface area contributed by atoms with E-state index in [0.29, 0.717) is 17.9 Å². The first kappa shape index (κ1) is 15.4. The molecule has 0 fully saturated rings. The maximum absolute atomic E-state index is 14.1. The molecule has 5 nitrogen and oxygen atoms in total. The van der Waals surface area contributed by atoms with Gasteiger partial charge < -0.3 is 10.1 Å². The van der Waals surface area contributed by atoms with E-state index in [0.717, 1.165) is 11.3 Å². The third-order valence-corrected chi connectivity index (χ3v) is 4.10. The van der Waals surface area contributed by atoms with Crippen molar-refractivity contribution in [3.63, 3.8) is 0 Å². The molecule has 0 radical (unpaired) electrons. The van der Waals surface area contributed by atoms with Crippen LogP contribution in [-0.2, 0) is 11.2 Å². The first-order chi connectivity index (χ1) is 12.1. The number of carbonyl (C=O) groups excluding carboxylic acids is 1. The summed E-state index contributed by atoms with van der Waals surface area (Å²) in [4.78, 5) is 12.6. The number of rotatable bonds is 3. The minimum Gasteiger partial charge on any atom is -0.480 e. The highest BCUT2D eigenvalue weighted by molar-refractivity contribution is 5.94. The molecule has 1 aliphatic rings. The number of carbonyl (C=O) groups is 1. The van der Waals surface area contributed by atoms with E-state index in [4.69, 9.17) is 4.74 Å². The van der Waals surface area contributed by atoms with Gasteiger partial charge >= 0.3 is 0 Å². The Morgan fingerprint density at radius 3 is 2.80 bits per heavy atom. The molecule has 1 atom stereocenters. The highest BCUT2D eigenvalue weighted by Gasteiger charge is 2.29. The van der Waals surface area contributed by atoms with Crippen molar-refractivity contribution in [1.82, 2.24) is 9.78 Å². The molecular formula is C19H16FN3O2. The maximum atomic E-state index is 14.1. The van der Waals surface area contributed by atoms with Gasteiger partial charge in [0.05, 0.1) is 5.69 Å². The molecule has 1 amide bonds. The molecule has 2 heterocycles. The number of halogens is 1. The monoisotopic (exact) mass is 337 g/mol. The molecule has 1 aliphatic heterocycles. The lowest BCUT2D eigenvalue weighted by molar-refractivity contribution is -0.122. The van der Waals surface area contributed by atoms with Crippen molar-refractivity contribution in [2.45, 2.75) is 19.4 Å². The number of benzene rings is 2. The lowest BCUT2D eigenvalue weighted by atomic mass is 10.1. The van der Waals surface area contributed by atoms with Crippen molar-refractivity contribution >= 4 is 11.7 Å². The molecular weight excluding hydrogens is 321 g/mol. The Hall–Kier alpha value is -3.15. The van der Waals surface area contributed by atoms with Crippen LogP contribution in [0.2, 0.25) is 0 Å². The van der Waals surface area contributed by atoms with E-state index in [2.05, 4.69) is 10.4 Å². The van der Waals surface area contributed by atoms with Crippen LogP contribution < -0.4 is 10.1 Å². The summed E-state index contributed by atoms with van der Waals surface area (Å²) in [5.41, 5.74) is 1.96. The summed E-state index contributed by atoms with van der Waals surface area (Å²) >= 11 is 0. The van der Waals surface area contributed by atoms with Gasteiger partial charge in [-0.1, -0.05) is 30.3 Å². The average molecular weight is 337 g/mol. The molecule has 1 N–H and O–H groups in total. The van der Waals surface area contributed by atoms with E-state index < -0.39 is 11.9 Å². The Morgan fingerprint density at radius 2 is 2.00 bits per heavy atom. The van der Waals surface area contributed by atoms with E-state index >= 15 is 0 Å². The molecule has 4 rings (SSSR count). The number of hydrogen-bond acceptors (Lipinski definition) is 3. The minimum absolute atomic E-state index is 0.279. The summed E-state index contributed by atoms with van der Waals surface area (Å²) in [6.07, 6.45) is -0.101. The summed E-state index contributed by atoms with van der Waals surface area (Å²) in [5, 5.41) is 7.09. The van der Waals surface area contributed by atoms with Crippen molar-refractivity contribution in [3.05, 3.63) is 71.7 Å². The fourth-order valence-corrected chi connectivity index (χ4v) is 2.93. The predicted octanol–water partition coefficient (Wildman–Crippen LogP) is 3.26. The number of fused-ring (bicyclic) bond motifs is 1. The van der Waals surface area contributed by atoms with Crippen LogP contribution in [0.3, 0.4) is 0 Å². The third kappa shape index (κ3) is 2.87. The SMILES string of the molecule is Cc1cc(NC(=O)[C@H]2Cc3ccccc3O2)n(-c2ccccc2F)n1. The Bertz CT molecular complexity index is 926. The number of aromatic nitrogens is 2. The van der Waals surface area contributed by atoms with Crippen LogP contribution in [0.1, 0.15) is 11.3 Å². The van der Waals surface area contributed by atoms with Crippen molar-refractivity contribution in [2.75, 3.05) is 5.32 Å². The number of nitrogens with one attached hydrogen (secondary N) is 1. The lowest BCUT2D eigenvalue weighted by Gasteiger charge is -2.13. The number of amides is 1. The van der Waals surface area contributed by atoms with Crippen molar-refractivity contribution in [1.29, 1.82) is 0 Å². The minimum atomic E-state index is -0.610. The zero-order chi connectivity index (χ0) is 17.4. The molecule has 0 saturated carbocycles. The highest BCUT2D eigenvalue weighted by Crippen LogP contribution is 2.29. The largest absolute Gasteiger partial charge is 0.480 e. The third-order valence-electron chi connectivity index (χ3n) is 4.10. The molecule has 6 heteroatoms. The van der Waals surface area contributed by atoms with Gasteiger partial charge in [0, 0.05) is 12.5 Å². The maximum Gasteiger partial charge on any atom is 0.266 e. The Kier molecular flexibility index (Phi) is 3.72. The summed E-state index contributed by atoms with van der Waals surface area (Å²) in [6.45, 7) is 1.79. The van der Waals surface area contributed by atoms with E-state index in [-0.39, 0.29) is 11.6 Å². The van der Waals surface area contributed by atoms with Gasteiger partial charge in [0.1, 0.15) is 23.1 Å². The van der Waals surface area contributed by atoms with Crippen molar-refractivity contribution < 1.29 is 13.9 Å². The van der Waals surface area contributed by atoms with Gasteiger partial charge in [0.15, 0.2) is 6.10 Å². The van der Waals surface area contributed by atoms with Gasteiger partial charge in [-0.3, -0.25) is 4.79 Å². The summed E-state index contributed by atoms with van der Waals surface area (Å²) in [7, 11) is 0. The summed E-state index contributed by atoms with van der Waals surface area (Å²) in [5.74, 6) is 0.438. The molecule has 0 saturated heterocycles. The first-order valence-electron chi connectivity index (χ1n) is 7.99. The van der Waals surface area contributed by atoms with Crippen molar-refractivity contribution in [2.24, 2.45) is 0 Å². The second kappa shape index (κ2) is 6.05. The molecule has 126 valence electrons. The Labute approximate surface area is 144 Å². The first-order valence-corrected chi connectivity index (χ1v) is 7.99. The summed E-state index contributed by atoms with van der Waals surface area (Å²) < 4.78 is 21.2. The van der Waals surface area contributed by atoms with E-state index in [1.165, 1.54) is 10.7 Å². The number of aryl methyl sites for hydroxylation is 1. The number of para-hydroxylation sites is 2. The summed E-state index contributed by atoms with van der Waals surface area (Å²) in [6, 6.07) is 15.6. The zero-order valence-corrected chi connectivity index (χ0v) is 13.6. The smallest absolute Gasteiger partial charge is 0.266 e. The van der Waals surface area contributed by atoms with Crippen LogP contribution in [0.15, 0.2) is 54.6 Å². The van der Waals surface area contributed by atoms with Gasteiger partial charge in [0.25, 0.3) is 5.91 Å². The second-order valence-corrected chi connectivity index (χ2v) is 5.94. The number of hydrogen-bond donors (Lipinski definition) is 1. The molecule has 25 heavy (non-hydrogen) atoms. The van der Waals surface area contributed by atoms with E-state index in [9.17, 15) is 9.18 Å². The fraction of sp³-hybridized carbons (Fsp3) is 0.158. The molecule has 0 unspecified atom stereocenters. The van der Waals surface area contributed by atoms with Gasteiger partial charge in [0.2, 0.25) is 0 Å². The van der Waals surface area contributed by atoms with E-state index in [1.54, 1.807) is 31.2 Å². The van der Waals surface area contributed by atoms with Crippen molar-refractivity contribution in [3.8, 4) is 11.4 Å². The molecule has 0 bridgehead atoms. The second-order valence-electron chi connectivity index (χ2n) is 5.94. The number of nitrogens with zero attached hydrogens (tertiary/aromatic N) is 2.